The first-order valence-electron chi connectivity index (χ1n) is 6.16. The van der Waals surface area contributed by atoms with Gasteiger partial charge in [-0.1, -0.05) is 0 Å². The van der Waals surface area contributed by atoms with Crippen molar-refractivity contribution < 1.29 is 63.6 Å². The molecule has 0 heterocycles. The van der Waals surface area contributed by atoms with Gasteiger partial charge in [-0.2, -0.15) is 0 Å². The van der Waals surface area contributed by atoms with E-state index in [-0.39, 0.29) is 0 Å². The predicted octanol–water partition coefficient (Wildman–Crippen LogP) is 5.57. The van der Waals surface area contributed by atoms with Gasteiger partial charge in [0.25, 0.3) is 0 Å². The van der Waals surface area contributed by atoms with Crippen LogP contribution in [0.2, 0.25) is 0 Å². The molecular weight excluding hydrogens is 567 g/mol. The van der Waals surface area contributed by atoms with Gasteiger partial charge in [-0.3, -0.25) is 0 Å². The minimum atomic E-state index is -7.42. The van der Waals surface area contributed by atoms with Crippen LogP contribution in [-0.4, -0.2) is 35.9 Å². The third-order valence-corrected chi connectivity index (χ3v) is 9.80. The summed E-state index contributed by atoms with van der Waals surface area (Å²) in [5.74, 6) is -14.8. The molecule has 0 radical (unpaired) electrons. The number of hydrogen-bond acceptors (Lipinski definition) is 3. The van der Waals surface area contributed by atoms with Gasteiger partial charge >= 0.3 is 155 Å². The normalized spacial score (nSPS) is 15.5. The molecule has 0 N–H and O–H groups in total. The summed E-state index contributed by atoms with van der Waals surface area (Å²) < 4.78 is 172. The van der Waals surface area contributed by atoms with Crippen molar-refractivity contribution in [3.63, 3.8) is 0 Å². The molecule has 0 amide bonds. The van der Waals surface area contributed by atoms with Gasteiger partial charge in [0.1, 0.15) is 0 Å². The van der Waals surface area contributed by atoms with E-state index in [4.69, 9.17) is 0 Å². The summed E-state index contributed by atoms with van der Waals surface area (Å²) in [7, 11) is -7.04. The summed E-state index contributed by atoms with van der Waals surface area (Å²) in [4.78, 5) is 0. The van der Waals surface area contributed by atoms with Gasteiger partial charge in [-0.05, 0) is 0 Å². The van der Waals surface area contributed by atoms with E-state index in [9.17, 15) is 61.1 Å². The summed E-state index contributed by atoms with van der Waals surface area (Å²) in [5.41, 5.74) is -6.44. The van der Waals surface area contributed by atoms with Crippen molar-refractivity contribution in [1.82, 2.24) is 0 Å². The third-order valence-electron chi connectivity index (χ3n) is 2.68. The Morgan fingerprint density at radius 2 is 1.14 bits per heavy atom. The maximum absolute atomic E-state index is 14.1. The van der Waals surface area contributed by atoms with Gasteiger partial charge in [-0.15, -0.1) is 0 Å². The second kappa shape index (κ2) is 7.37. The minimum absolute atomic E-state index is 0.326. The topological polar surface area (TPSA) is 43.4 Å². The van der Waals surface area contributed by atoms with E-state index in [1.807, 2.05) is 0 Å². The molecule has 1 rings (SSSR count). The van der Waals surface area contributed by atoms with E-state index in [1.54, 1.807) is 0 Å². The predicted molar refractivity (Wildman–Crippen MR) is 76.1 cm³/mol. The molecule has 0 bridgehead atoms. The molecule has 1 aromatic carbocycles. The molecule has 28 heavy (non-hydrogen) atoms. The zero-order valence-electron chi connectivity index (χ0n) is 12.4. The van der Waals surface area contributed by atoms with Crippen molar-refractivity contribution in [3.8, 4) is 0 Å². The first kappa shape index (κ1) is 25.1. The van der Waals surface area contributed by atoms with Crippen LogP contribution >= 0.6 is 20.2 Å². The number of hydrogen-bond donors (Lipinski definition) is 0. The average molecular weight is 572 g/mol. The second-order valence-corrected chi connectivity index (χ2v) is 11.2. The number of benzene rings is 1. The monoisotopic (exact) mass is 572 g/mol. The van der Waals surface area contributed by atoms with Crippen molar-refractivity contribution in [2.24, 2.45) is 0 Å². The molecule has 0 fully saturated rings. The standard InChI is InChI=1S/C11H5F12IO3S/c12-7(13,9(16,17)18)8(14,15)10(19,20)24(6-4-2-1-3-5-6)27-28(25,26)11(21,22)23/h1-5H. The van der Waals surface area contributed by atoms with Crippen molar-refractivity contribution in [2.75, 3.05) is 0 Å². The van der Waals surface area contributed by atoms with Gasteiger partial charge < -0.3 is 0 Å². The van der Waals surface area contributed by atoms with Gasteiger partial charge in [0.15, 0.2) is 0 Å². The van der Waals surface area contributed by atoms with Gasteiger partial charge in [0, 0.05) is 0 Å². The summed E-state index contributed by atoms with van der Waals surface area (Å²) in [6.45, 7) is 0. The summed E-state index contributed by atoms with van der Waals surface area (Å²) >= 11 is -6.43. The number of rotatable bonds is 6. The summed E-state index contributed by atoms with van der Waals surface area (Å²) in [6.07, 6.45) is -7.23. The zero-order valence-corrected chi connectivity index (χ0v) is 15.4. The van der Waals surface area contributed by atoms with Crippen LogP contribution in [0.3, 0.4) is 0 Å². The molecule has 0 aliphatic carbocycles. The fourth-order valence-corrected chi connectivity index (χ4v) is 7.85. The van der Waals surface area contributed by atoms with Crippen molar-refractivity contribution in [1.29, 1.82) is 0 Å². The van der Waals surface area contributed by atoms with Crippen LogP contribution in [0.5, 0.6) is 0 Å². The van der Waals surface area contributed by atoms with Gasteiger partial charge in [0.05, 0.1) is 0 Å². The van der Waals surface area contributed by atoms with Crippen molar-refractivity contribution in [3.05, 3.63) is 33.9 Å². The molecular formula is C11H5F12IO3S. The van der Waals surface area contributed by atoms with Crippen LogP contribution in [0.15, 0.2) is 30.3 Å². The number of alkyl halides is 13. The molecule has 0 atom stereocenters. The van der Waals surface area contributed by atoms with E-state index in [0.29, 0.717) is 24.3 Å². The number of halogens is 13. The fourth-order valence-electron chi connectivity index (χ4n) is 1.32. The van der Waals surface area contributed by atoms with E-state index in [0.717, 1.165) is 6.07 Å². The van der Waals surface area contributed by atoms with E-state index < -0.39 is 61.4 Å². The zero-order chi connectivity index (χ0) is 22.4. The molecule has 0 saturated heterocycles. The Bertz CT molecular complexity index is 787. The summed E-state index contributed by atoms with van der Waals surface area (Å²) in [5, 5.41) is 0. The first-order chi connectivity index (χ1) is 12.2. The Kier molecular flexibility index (Phi) is 6.59. The van der Waals surface area contributed by atoms with Crippen LogP contribution in [-0.2, 0) is 12.6 Å². The van der Waals surface area contributed by atoms with Crippen LogP contribution < -0.4 is 0 Å². The first-order valence-corrected chi connectivity index (χ1v) is 10.6. The molecule has 0 spiro atoms. The molecule has 0 unspecified atom stereocenters. The molecule has 0 aromatic heterocycles. The Labute approximate surface area is 155 Å². The maximum atomic E-state index is 14.1. The van der Waals surface area contributed by atoms with E-state index in [1.165, 1.54) is 0 Å². The van der Waals surface area contributed by atoms with Crippen LogP contribution in [0.4, 0.5) is 52.7 Å². The van der Waals surface area contributed by atoms with Crippen LogP contribution in [0.25, 0.3) is 0 Å². The molecule has 3 nitrogen and oxygen atoms in total. The Morgan fingerprint density at radius 3 is 1.50 bits per heavy atom. The molecule has 164 valence electrons. The molecule has 0 aliphatic rings. The van der Waals surface area contributed by atoms with E-state index >= 15 is 0 Å². The van der Waals surface area contributed by atoms with Crippen LogP contribution in [0, 0.1) is 3.57 Å². The molecule has 1 aromatic rings. The average Bonchev–Trinajstić information content (AvgIpc) is 2.50. The third kappa shape index (κ3) is 4.29. The Balaban J connectivity index is 3.65. The molecule has 17 heteroatoms. The quantitative estimate of drug-likeness (QED) is 0.194. The van der Waals surface area contributed by atoms with Crippen molar-refractivity contribution in [2.45, 2.75) is 27.5 Å². The summed E-state index contributed by atoms with van der Waals surface area (Å²) in [6, 6.07) is 3.05. The molecule has 0 aliphatic heterocycles. The van der Waals surface area contributed by atoms with Crippen LogP contribution in [0.1, 0.15) is 0 Å². The van der Waals surface area contributed by atoms with Gasteiger partial charge in [0.2, 0.25) is 0 Å². The fraction of sp³-hybridized carbons (Fsp3) is 0.455. The Hall–Kier alpha value is -0.980. The SMILES string of the molecule is O=S(=O)(OI(c1ccccc1)C(F)(F)C(F)(F)C(F)(F)C(F)(F)F)C(F)(F)F. The second-order valence-electron chi connectivity index (χ2n) is 4.65. The molecule has 0 saturated carbocycles. The van der Waals surface area contributed by atoms with Gasteiger partial charge in [-0.25, -0.2) is 0 Å². The van der Waals surface area contributed by atoms with Crippen molar-refractivity contribution >= 4 is 30.4 Å². The van der Waals surface area contributed by atoms with E-state index in [2.05, 4.69) is 2.51 Å². The Morgan fingerprint density at radius 1 is 0.714 bits per heavy atom.